The average molecular weight is 610 g/mol. The Kier molecular flexibility index (Phi) is 14.0. The number of amides is 2. The molecule has 2 N–H and O–H groups in total. The summed E-state index contributed by atoms with van der Waals surface area (Å²) in [6, 6.07) is 6.63. The molecule has 0 heterocycles. The van der Waals surface area contributed by atoms with Gasteiger partial charge in [-0.15, -0.1) is 0 Å². The quantitative estimate of drug-likeness (QED) is 0.271. The minimum Gasteiger partial charge on any atom is -0.390 e. The summed E-state index contributed by atoms with van der Waals surface area (Å²) in [6.45, 7) is 10.2. The Hall–Kier alpha value is -2.89. The Labute approximate surface area is 249 Å². The molecular weight excluding hydrogens is 564 g/mol. The van der Waals surface area contributed by atoms with Crippen molar-refractivity contribution in [1.82, 2.24) is 14.5 Å². The summed E-state index contributed by atoms with van der Waals surface area (Å²) < 4.78 is 54.8. The van der Waals surface area contributed by atoms with E-state index in [1.54, 1.807) is 30.9 Å². The molecule has 42 heavy (non-hydrogen) atoms. The summed E-state index contributed by atoms with van der Waals surface area (Å²) in [7, 11) is -3.67. The van der Waals surface area contributed by atoms with E-state index in [9.17, 15) is 31.9 Å². The van der Waals surface area contributed by atoms with E-state index in [0.29, 0.717) is 37.1 Å². The SMILES string of the molecule is CCCCS(=O)(=O)N(CC)C[C@H](O)[C@H](Cc1cc(F)cc(F)c1)NC(=O)c1cc(C)cc(C(=O)N(CCC)CCC)c1. The molecule has 2 aromatic carbocycles. The van der Waals surface area contributed by atoms with Gasteiger partial charge >= 0.3 is 0 Å². The van der Waals surface area contributed by atoms with Gasteiger partial charge in [-0.3, -0.25) is 9.59 Å². The molecule has 0 radical (unpaired) electrons. The molecule has 0 spiro atoms. The molecule has 0 unspecified atom stereocenters. The third kappa shape index (κ3) is 10.4. The summed E-state index contributed by atoms with van der Waals surface area (Å²) in [5.41, 5.74) is 1.40. The van der Waals surface area contributed by atoms with Crippen LogP contribution in [-0.2, 0) is 16.4 Å². The van der Waals surface area contributed by atoms with Crippen LogP contribution in [-0.4, -0.2) is 78.6 Å². The number of aryl methyl sites for hydroxylation is 1. The van der Waals surface area contributed by atoms with Gasteiger partial charge in [0.15, 0.2) is 0 Å². The van der Waals surface area contributed by atoms with E-state index in [2.05, 4.69) is 5.32 Å². The number of hydrogen-bond acceptors (Lipinski definition) is 5. The normalized spacial score (nSPS) is 13.2. The van der Waals surface area contributed by atoms with Crippen LogP contribution in [0.3, 0.4) is 0 Å². The van der Waals surface area contributed by atoms with Gasteiger partial charge in [0, 0.05) is 43.4 Å². The number of hydrogen-bond donors (Lipinski definition) is 2. The predicted octanol–water partition coefficient (Wildman–Crippen LogP) is 4.69. The van der Waals surface area contributed by atoms with Gasteiger partial charge in [0.25, 0.3) is 11.8 Å². The van der Waals surface area contributed by atoms with Crippen LogP contribution in [0.25, 0.3) is 0 Å². The molecule has 0 aliphatic heterocycles. The highest BCUT2D eigenvalue weighted by molar-refractivity contribution is 7.89. The molecule has 0 aromatic heterocycles. The van der Waals surface area contributed by atoms with Crippen molar-refractivity contribution >= 4 is 21.8 Å². The number of carbonyl (C=O) groups is 2. The molecule has 2 rings (SSSR count). The van der Waals surface area contributed by atoms with Crippen LogP contribution in [0.1, 0.15) is 85.2 Å². The zero-order valence-corrected chi connectivity index (χ0v) is 26.1. The Bertz CT molecular complexity index is 1280. The third-order valence-corrected chi connectivity index (χ3v) is 8.91. The monoisotopic (exact) mass is 609 g/mol. The van der Waals surface area contributed by atoms with E-state index in [1.807, 2.05) is 20.8 Å². The summed E-state index contributed by atoms with van der Waals surface area (Å²) in [5, 5.41) is 14.0. The molecule has 234 valence electrons. The molecule has 0 bridgehead atoms. The fraction of sp³-hybridized carbons (Fsp3) is 0.548. The van der Waals surface area contributed by atoms with Gasteiger partial charge in [-0.2, -0.15) is 4.31 Å². The maximum Gasteiger partial charge on any atom is 0.253 e. The number of aliphatic hydroxyl groups is 1. The molecule has 2 amide bonds. The Morgan fingerprint density at radius 2 is 1.50 bits per heavy atom. The zero-order valence-electron chi connectivity index (χ0n) is 25.3. The Morgan fingerprint density at radius 3 is 2.05 bits per heavy atom. The van der Waals surface area contributed by atoms with Crippen molar-refractivity contribution in [3.05, 3.63) is 70.3 Å². The molecule has 0 saturated carbocycles. The number of aliphatic hydroxyl groups excluding tert-OH is 1. The van der Waals surface area contributed by atoms with Gasteiger partial charge in [0.1, 0.15) is 11.6 Å². The van der Waals surface area contributed by atoms with Gasteiger partial charge in [-0.25, -0.2) is 17.2 Å². The number of nitrogens with one attached hydrogen (secondary N) is 1. The van der Waals surface area contributed by atoms with Gasteiger partial charge < -0.3 is 15.3 Å². The maximum atomic E-state index is 14.0. The molecule has 0 saturated heterocycles. The highest BCUT2D eigenvalue weighted by Crippen LogP contribution is 2.17. The van der Waals surface area contributed by atoms with E-state index in [-0.39, 0.29) is 42.3 Å². The molecule has 0 fully saturated rings. The summed E-state index contributed by atoms with van der Waals surface area (Å²) >= 11 is 0. The van der Waals surface area contributed by atoms with Crippen LogP contribution < -0.4 is 5.32 Å². The van der Waals surface area contributed by atoms with Crippen molar-refractivity contribution < 1.29 is 31.9 Å². The van der Waals surface area contributed by atoms with Crippen LogP contribution in [0.2, 0.25) is 0 Å². The minimum absolute atomic E-state index is 0.0800. The Morgan fingerprint density at radius 1 is 0.905 bits per heavy atom. The second-order valence-electron chi connectivity index (χ2n) is 10.6. The lowest BCUT2D eigenvalue weighted by atomic mass is 9.99. The standard InChI is InChI=1S/C31H45F2N3O5S/c1-6-10-13-42(40,41)36(9-4)21-29(37)28(18-23-16-26(32)20-27(33)17-23)34-30(38)24-14-22(5)15-25(19-24)31(39)35(11-7-2)12-8-3/h14-17,19-20,28-29,37H,6-13,18,21H2,1-5H3,(H,34,38)/t28-,29-/m0/s1. The second kappa shape index (κ2) is 16.7. The van der Waals surface area contributed by atoms with Gasteiger partial charge in [0.05, 0.1) is 17.9 Å². The van der Waals surface area contributed by atoms with E-state index < -0.39 is 39.7 Å². The Balaban J connectivity index is 2.40. The second-order valence-corrected chi connectivity index (χ2v) is 12.7. The fourth-order valence-electron chi connectivity index (χ4n) is 4.82. The van der Waals surface area contributed by atoms with Crippen molar-refractivity contribution in [1.29, 1.82) is 0 Å². The highest BCUT2D eigenvalue weighted by Gasteiger charge is 2.29. The number of likely N-dealkylation sites (N-methyl/N-ethyl adjacent to an activating group) is 1. The molecule has 0 aliphatic rings. The lowest BCUT2D eigenvalue weighted by molar-refractivity contribution is 0.0755. The third-order valence-electron chi connectivity index (χ3n) is 6.91. The topological polar surface area (TPSA) is 107 Å². The zero-order chi connectivity index (χ0) is 31.4. The van der Waals surface area contributed by atoms with E-state index in [0.717, 1.165) is 35.3 Å². The van der Waals surface area contributed by atoms with Gasteiger partial charge in [0.2, 0.25) is 10.0 Å². The first-order chi connectivity index (χ1) is 19.8. The van der Waals surface area contributed by atoms with E-state index >= 15 is 0 Å². The number of unbranched alkanes of at least 4 members (excludes halogenated alkanes) is 1. The largest absolute Gasteiger partial charge is 0.390 e. The maximum absolute atomic E-state index is 14.0. The number of carbonyl (C=O) groups excluding carboxylic acids is 2. The summed E-state index contributed by atoms with van der Waals surface area (Å²) in [6.07, 6.45) is 1.15. The van der Waals surface area contributed by atoms with Crippen LogP contribution in [0.5, 0.6) is 0 Å². The highest BCUT2D eigenvalue weighted by atomic mass is 32.2. The molecular formula is C31H45F2N3O5S. The molecule has 0 aliphatic carbocycles. The van der Waals surface area contributed by atoms with Crippen molar-refractivity contribution in [2.75, 3.05) is 31.9 Å². The smallest absolute Gasteiger partial charge is 0.253 e. The lowest BCUT2D eigenvalue weighted by Crippen LogP contribution is -2.50. The predicted molar refractivity (Wildman–Crippen MR) is 161 cm³/mol. The first-order valence-corrected chi connectivity index (χ1v) is 16.3. The first-order valence-electron chi connectivity index (χ1n) is 14.7. The number of nitrogens with zero attached hydrogens (tertiary/aromatic N) is 2. The van der Waals surface area contributed by atoms with Crippen LogP contribution >= 0.6 is 0 Å². The number of sulfonamides is 1. The molecule has 2 atom stereocenters. The number of benzene rings is 2. The van der Waals surface area contributed by atoms with Crippen LogP contribution in [0.15, 0.2) is 36.4 Å². The summed E-state index contributed by atoms with van der Waals surface area (Å²) in [4.78, 5) is 28.5. The molecule has 11 heteroatoms. The summed E-state index contributed by atoms with van der Waals surface area (Å²) in [5.74, 6) is -2.51. The van der Waals surface area contributed by atoms with E-state index in [1.165, 1.54) is 6.07 Å². The molecule has 2 aromatic rings. The van der Waals surface area contributed by atoms with E-state index in [4.69, 9.17) is 0 Å². The average Bonchev–Trinajstić information content (AvgIpc) is 2.92. The van der Waals surface area contributed by atoms with Crippen molar-refractivity contribution in [2.45, 2.75) is 78.9 Å². The number of halogens is 2. The lowest BCUT2D eigenvalue weighted by Gasteiger charge is -2.29. The number of rotatable bonds is 17. The van der Waals surface area contributed by atoms with Crippen molar-refractivity contribution in [2.24, 2.45) is 0 Å². The van der Waals surface area contributed by atoms with Crippen molar-refractivity contribution in [3.8, 4) is 0 Å². The van der Waals surface area contributed by atoms with Crippen LogP contribution in [0.4, 0.5) is 8.78 Å². The van der Waals surface area contributed by atoms with Crippen LogP contribution in [0, 0.1) is 18.6 Å². The van der Waals surface area contributed by atoms with Gasteiger partial charge in [-0.1, -0.05) is 34.1 Å². The van der Waals surface area contributed by atoms with Gasteiger partial charge in [-0.05, 0) is 74.1 Å². The van der Waals surface area contributed by atoms with Crippen molar-refractivity contribution in [3.63, 3.8) is 0 Å². The minimum atomic E-state index is -3.67. The first kappa shape index (κ1) is 35.3. The fourth-order valence-corrected chi connectivity index (χ4v) is 6.51. The molecule has 8 nitrogen and oxygen atoms in total.